The van der Waals surface area contributed by atoms with Crippen molar-refractivity contribution in [2.24, 2.45) is 11.7 Å². The maximum absolute atomic E-state index is 12.0. The van der Waals surface area contributed by atoms with Crippen molar-refractivity contribution in [3.8, 4) is 0 Å². The highest BCUT2D eigenvalue weighted by Gasteiger charge is 2.25. The van der Waals surface area contributed by atoms with Crippen molar-refractivity contribution in [2.75, 3.05) is 23.3 Å². The third-order valence-electron chi connectivity index (χ3n) is 3.95. The number of nitrogens with two attached hydrogens (primary N) is 1. The van der Waals surface area contributed by atoms with Crippen molar-refractivity contribution < 1.29 is 4.79 Å². The highest BCUT2D eigenvalue weighted by molar-refractivity contribution is 9.10. The highest BCUT2D eigenvalue weighted by Crippen LogP contribution is 2.39. The van der Waals surface area contributed by atoms with Gasteiger partial charge in [0, 0.05) is 37.4 Å². The lowest BCUT2D eigenvalue weighted by atomic mass is 10.2. The standard InChI is InChI=1S/C15H20BrN5O/c1-8(2)15(22)20-11-6-19-14-12(11)13(10(16)5-18-14)21-4-3-9(17)7-21/h5-6,8-9H,3-4,7,17H2,1-2H3,(H,18,19)(H,20,22). The van der Waals surface area contributed by atoms with Gasteiger partial charge in [0.25, 0.3) is 0 Å². The number of hydrogen-bond donors (Lipinski definition) is 3. The van der Waals surface area contributed by atoms with Crippen LogP contribution in [0.4, 0.5) is 11.4 Å². The van der Waals surface area contributed by atoms with E-state index in [-0.39, 0.29) is 17.9 Å². The minimum Gasteiger partial charge on any atom is -0.368 e. The summed E-state index contributed by atoms with van der Waals surface area (Å²) in [7, 11) is 0. The summed E-state index contributed by atoms with van der Waals surface area (Å²) >= 11 is 3.59. The lowest BCUT2D eigenvalue weighted by Gasteiger charge is -2.21. The van der Waals surface area contributed by atoms with Crippen molar-refractivity contribution in [1.82, 2.24) is 9.97 Å². The Kier molecular flexibility index (Phi) is 4.10. The van der Waals surface area contributed by atoms with Crippen LogP contribution in [0.1, 0.15) is 20.3 Å². The summed E-state index contributed by atoms with van der Waals surface area (Å²) in [6.07, 6.45) is 4.55. The number of nitrogens with zero attached hydrogens (tertiary/aromatic N) is 2. The van der Waals surface area contributed by atoms with Gasteiger partial charge in [0.05, 0.1) is 21.2 Å². The molecule has 2 aromatic rings. The summed E-state index contributed by atoms with van der Waals surface area (Å²) in [6, 6.07) is 0.183. The molecule has 0 aliphatic carbocycles. The predicted octanol–water partition coefficient (Wildman–Crippen LogP) is 2.46. The maximum atomic E-state index is 12.0. The summed E-state index contributed by atoms with van der Waals surface area (Å²) in [5, 5.41) is 3.91. The van der Waals surface area contributed by atoms with Gasteiger partial charge in [0.1, 0.15) is 5.65 Å². The average Bonchev–Trinajstić information content (AvgIpc) is 3.06. The van der Waals surface area contributed by atoms with E-state index in [1.165, 1.54) is 0 Å². The molecule has 3 heterocycles. The molecule has 0 aromatic carbocycles. The van der Waals surface area contributed by atoms with Crippen LogP contribution < -0.4 is 16.0 Å². The largest absolute Gasteiger partial charge is 0.368 e. The summed E-state index contributed by atoms with van der Waals surface area (Å²) in [5.74, 6) is -0.0846. The number of carbonyl (C=O) groups is 1. The minimum atomic E-state index is -0.0753. The SMILES string of the molecule is CC(C)C(=O)Nc1c[nH]c2ncc(Br)c(N3CCC(N)C3)c12. The maximum Gasteiger partial charge on any atom is 0.226 e. The topological polar surface area (TPSA) is 87.0 Å². The fourth-order valence-corrected chi connectivity index (χ4v) is 3.28. The molecule has 0 radical (unpaired) electrons. The van der Waals surface area contributed by atoms with Gasteiger partial charge in [-0.15, -0.1) is 0 Å². The van der Waals surface area contributed by atoms with E-state index in [1.807, 2.05) is 13.8 Å². The van der Waals surface area contributed by atoms with Crippen molar-refractivity contribution in [3.63, 3.8) is 0 Å². The number of aromatic nitrogens is 2. The molecule has 3 rings (SSSR count). The van der Waals surface area contributed by atoms with Crippen molar-refractivity contribution in [3.05, 3.63) is 16.9 Å². The van der Waals surface area contributed by atoms with Crippen LogP contribution in [0.25, 0.3) is 11.0 Å². The number of halogens is 1. The van der Waals surface area contributed by atoms with Gasteiger partial charge < -0.3 is 20.9 Å². The molecule has 0 spiro atoms. The third-order valence-corrected chi connectivity index (χ3v) is 4.53. The van der Waals surface area contributed by atoms with Gasteiger partial charge in [-0.2, -0.15) is 0 Å². The first-order chi connectivity index (χ1) is 10.5. The second kappa shape index (κ2) is 5.89. The predicted molar refractivity (Wildman–Crippen MR) is 92.1 cm³/mol. The van der Waals surface area contributed by atoms with Crippen LogP contribution in [0.5, 0.6) is 0 Å². The van der Waals surface area contributed by atoms with Crippen molar-refractivity contribution in [2.45, 2.75) is 26.3 Å². The first-order valence-corrected chi connectivity index (χ1v) is 8.23. The molecule has 22 heavy (non-hydrogen) atoms. The van der Waals surface area contributed by atoms with Gasteiger partial charge in [-0.25, -0.2) is 4.98 Å². The number of H-pyrrole nitrogens is 1. The molecule has 1 unspecified atom stereocenters. The summed E-state index contributed by atoms with van der Waals surface area (Å²) < 4.78 is 0.911. The molecule has 4 N–H and O–H groups in total. The Morgan fingerprint density at radius 3 is 3.00 bits per heavy atom. The molecule has 2 aromatic heterocycles. The molecule has 0 saturated carbocycles. The Morgan fingerprint density at radius 2 is 2.36 bits per heavy atom. The van der Waals surface area contributed by atoms with Crippen LogP contribution in [0.15, 0.2) is 16.9 Å². The Balaban J connectivity index is 2.07. The normalized spacial score (nSPS) is 18.4. The number of pyridine rings is 1. The monoisotopic (exact) mass is 365 g/mol. The second-order valence-electron chi connectivity index (χ2n) is 6.02. The van der Waals surface area contributed by atoms with E-state index < -0.39 is 0 Å². The summed E-state index contributed by atoms with van der Waals surface area (Å²) in [5.41, 5.74) is 8.60. The van der Waals surface area contributed by atoms with Crippen molar-refractivity contribution >= 4 is 44.2 Å². The second-order valence-corrected chi connectivity index (χ2v) is 6.87. The number of nitrogens with one attached hydrogen (secondary N) is 2. The fourth-order valence-electron chi connectivity index (χ4n) is 2.73. The lowest BCUT2D eigenvalue weighted by molar-refractivity contribution is -0.118. The van der Waals surface area contributed by atoms with E-state index in [2.05, 4.69) is 36.1 Å². The molecule has 1 fully saturated rings. The van der Waals surface area contributed by atoms with E-state index in [9.17, 15) is 4.79 Å². The molecular formula is C15H20BrN5O. The number of anilines is 2. The average molecular weight is 366 g/mol. The first kappa shape index (κ1) is 15.3. The van der Waals surface area contributed by atoms with Crippen LogP contribution in [0.2, 0.25) is 0 Å². The molecule has 7 heteroatoms. The van der Waals surface area contributed by atoms with Crippen molar-refractivity contribution in [1.29, 1.82) is 0 Å². The van der Waals surface area contributed by atoms with Crippen LogP contribution >= 0.6 is 15.9 Å². The number of aromatic amines is 1. The number of fused-ring (bicyclic) bond motifs is 1. The lowest BCUT2D eigenvalue weighted by Crippen LogP contribution is -2.26. The summed E-state index contributed by atoms with van der Waals surface area (Å²) in [4.78, 5) is 21.8. The zero-order valence-electron chi connectivity index (χ0n) is 12.7. The van der Waals surface area contributed by atoms with Crippen LogP contribution in [0.3, 0.4) is 0 Å². The summed E-state index contributed by atoms with van der Waals surface area (Å²) in [6.45, 7) is 5.46. The number of amides is 1. The van der Waals surface area contributed by atoms with Gasteiger partial charge >= 0.3 is 0 Å². The smallest absolute Gasteiger partial charge is 0.226 e. The quantitative estimate of drug-likeness (QED) is 0.779. The molecule has 1 atom stereocenters. The third kappa shape index (κ3) is 2.70. The van der Waals surface area contributed by atoms with E-state index in [4.69, 9.17) is 5.73 Å². The van der Waals surface area contributed by atoms with Gasteiger partial charge in [0.15, 0.2) is 0 Å². The Labute approximate surface area is 137 Å². The van der Waals surface area contributed by atoms with E-state index in [0.717, 1.165) is 46.4 Å². The van der Waals surface area contributed by atoms with Crippen LogP contribution in [-0.4, -0.2) is 35.0 Å². The minimum absolute atomic E-state index is 0.00931. The number of carbonyl (C=O) groups excluding carboxylic acids is 1. The molecule has 6 nitrogen and oxygen atoms in total. The van der Waals surface area contributed by atoms with E-state index in [1.54, 1.807) is 12.4 Å². The zero-order chi connectivity index (χ0) is 15.9. The Morgan fingerprint density at radius 1 is 1.59 bits per heavy atom. The first-order valence-electron chi connectivity index (χ1n) is 7.44. The number of rotatable bonds is 3. The highest BCUT2D eigenvalue weighted by atomic mass is 79.9. The Bertz CT molecular complexity index is 711. The van der Waals surface area contributed by atoms with Gasteiger partial charge in [0.2, 0.25) is 5.91 Å². The molecule has 1 aliphatic heterocycles. The van der Waals surface area contributed by atoms with Gasteiger partial charge in [-0.3, -0.25) is 4.79 Å². The zero-order valence-corrected chi connectivity index (χ0v) is 14.3. The van der Waals surface area contributed by atoms with Crippen LogP contribution in [0, 0.1) is 5.92 Å². The number of hydrogen-bond acceptors (Lipinski definition) is 4. The van der Waals surface area contributed by atoms with Gasteiger partial charge in [-0.05, 0) is 22.4 Å². The fraction of sp³-hybridized carbons (Fsp3) is 0.467. The molecule has 1 saturated heterocycles. The Hall–Kier alpha value is -1.60. The molecule has 1 amide bonds. The molecule has 1 aliphatic rings. The molecule has 118 valence electrons. The molecular weight excluding hydrogens is 346 g/mol. The van der Waals surface area contributed by atoms with E-state index in [0.29, 0.717) is 0 Å². The molecule has 0 bridgehead atoms. The van der Waals surface area contributed by atoms with Crippen LogP contribution in [-0.2, 0) is 4.79 Å². The van der Waals surface area contributed by atoms with Gasteiger partial charge in [-0.1, -0.05) is 13.8 Å². The van der Waals surface area contributed by atoms with E-state index >= 15 is 0 Å².